The fraction of sp³-hybridized carbons (Fsp3) is 0.250. The second-order valence-corrected chi connectivity index (χ2v) is 8.54. The lowest BCUT2D eigenvalue weighted by molar-refractivity contribution is -0.159. The Morgan fingerprint density at radius 1 is 1.15 bits per heavy atom. The highest BCUT2D eigenvalue weighted by Gasteiger charge is 2.38. The first-order chi connectivity index (χ1) is 12.7. The summed E-state index contributed by atoms with van der Waals surface area (Å²) in [5.74, 6) is -1.61. The lowest BCUT2D eigenvalue weighted by Crippen LogP contribution is -2.30. The van der Waals surface area contributed by atoms with Gasteiger partial charge in [-0.1, -0.05) is 30.3 Å². The molecular weight excluding hydrogens is 403 g/mol. The molecule has 0 bridgehead atoms. The standard InChI is InChI=1S/C16H14F3N3O3S2/c1-2-22(27(23,24)12-6-4-3-5-7-12)10-11-8-9-13(26-11)14-20-15(25-21-14)16(17,18)19/h3-9H,2,10H2,1H3. The fourth-order valence-electron chi connectivity index (χ4n) is 2.30. The van der Waals surface area contributed by atoms with Gasteiger partial charge in [-0.2, -0.15) is 22.5 Å². The molecule has 11 heteroatoms. The lowest BCUT2D eigenvalue weighted by Gasteiger charge is -2.19. The van der Waals surface area contributed by atoms with Crippen molar-refractivity contribution in [2.75, 3.05) is 6.54 Å². The van der Waals surface area contributed by atoms with Crippen LogP contribution in [0.15, 0.2) is 51.9 Å². The van der Waals surface area contributed by atoms with Crippen LogP contribution in [-0.4, -0.2) is 29.4 Å². The molecule has 0 amide bonds. The molecule has 0 N–H and O–H groups in total. The molecular formula is C16H14F3N3O3S2. The molecule has 0 saturated heterocycles. The number of hydrogen-bond donors (Lipinski definition) is 0. The number of thiophene rings is 1. The molecule has 0 radical (unpaired) electrons. The number of alkyl halides is 3. The number of sulfonamides is 1. The molecule has 2 heterocycles. The van der Waals surface area contributed by atoms with Crippen LogP contribution < -0.4 is 0 Å². The van der Waals surface area contributed by atoms with Gasteiger partial charge in [-0.05, 0) is 24.3 Å². The summed E-state index contributed by atoms with van der Waals surface area (Å²) in [6.07, 6.45) is -4.71. The quantitative estimate of drug-likeness (QED) is 0.605. The summed E-state index contributed by atoms with van der Waals surface area (Å²) >= 11 is 1.11. The van der Waals surface area contributed by atoms with Gasteiger partial charge >= 0.3 is 12.1 Å². The molecule has 0 fully saturated rings. The molecule has 0 aliphatic carbocycles. The number of aromatic nitrogens is 2. The van der Waals surface area contributed by atoms with Gasteiger partial charge < -0.3 is 4.52 Å². The summed E-state index contributed by atoms with van der Waals surface area (Å²) in [5, 5.41) is 3.33. The molecule has 0 aliphatic heterocycles. The first kappa shape index (κ1) is 19.5. The molecule has 27 heavy (non-hydrogen) atoms. The largest absolute Gasteiger partial charge is 0.471 e. The zero-order chi connectivity index (χ0) is 19.7. The van der Waals surface area contributed by atoms with Gasteiger partial charge in [0.1, 0.15) is 0 Å². The van der Waals surface area contributed by atoms with E-state index in [1.54, 1.807) is 31.2 Å². The maximum atomic E-state index is 12.7. The summed E-state index contributed by atoms with van der Waals surface area (Å²) < 4.78 is 68.7. The Balaban J connectivity index is 1.81. The van der Waals surface area contributed by atoms with Crippen molar-refractivity contribution in [2.24, 2.45) is 0 Å². The van der Waals surface area contributed by atoms with E-state index in [2.05, 4.69) is 14.7 Å². The molecule has 144 valence electrons. The zero-order valence-corrected chi connectivity index (χ0v) is 15.6. The van der Waals surface area contributed by atoms with Crippen molar-refractivity contribution in [3.05, 3.63) is 53.2 Å². The Bertz CT molecular complexity index is 1010. The van der Waals surface area contributed by atoms with Crippen LogP contribution >= 0.6 is 11.3 Å². The summed E-state index contributed by atoms with van der Waals surface area (Å²) in [5.41, 5.74) is 0. The Morgan fingerprint density at radius 2 is 1.85 bits per heavy atom. The summed E-state index contributed by atoms with van der Waals surface area (Å²) in [7, 11) is -3.68. The number of rotatable bonds is 6. The maximum Gasteiger partial charge on any atom is 0.471 e. The molecule has 0 unspecified atom stereocenters. The minimum atomic E-state index is -4.71. The molecule has 6 nitrogen and oxygen atoms in total. The molecule has 0 atom stereocenters. The van der Waals surface area contributed by atoms with Crippen LogP contribution in [0, 0.1) is 0 Å². The molecule has 0 aliphatic rings. The molecule has 3 rings (SSSR count). The van der Waals surface area contributed by atoms with Crippen molar-refractivity contribution in [1.82, 2.24) is 14.4 Å². The highest BCUT2D eigenvalue weighted by Crippen LogP contribution is 2.32. The summed E-state index contributed by atoms with van der Waals surface area (Å²) in [4.78, 5) is 4.52. The SMILES string of the molecule is CCN(Cc1ccc(-c2noc(C(F)(F)F)n2)s1)S(=O)(=O)c1ccccc1. The summed E-state index contributed by atoms with van der Waals surface area (Å²) in [6.45, 7) is 2.04. The Kier molecular flexibility index (Phi) is 5.36. The first-order valence-electron chi connectivity index (χ1n) is 7.77. The number of benzene rings is 1. The van der Waals surface area contributed by atoms with E-state index in [4.69, 9.17) is 0 Å². The van der Waals surface area contributed by atoms with Crippen molar-refractivity contribution in [1.29, 1.82) is 0 Å². The monoisotopic (exact) mass is 417 g/mol. The van der Waals surface area contributed by atoms with Crippen molar-refractivity contribution >= 4 is 21.4 Å². The van der Waals surface area contributed by atoms with Crippen LogP contribution in [0.2, 0.25) is 0 Å². The number of hydrogen-bond acceptors (Lipinski definition) is 6. The Hall–Kier alpha value is -2.24. The van der Waals surface area contributed by atoms with Gasteiger partial charge in [-0.15, -0.1) is 11.3 Å². The van der Waals surface area contributed by atoms with E-state index in [-0.39, 0.29) is 23.8 Å². The van der Waals surface area contributed by atoms with Gasteiger partial charge in [0.05, 0.1) is 9.77 Å². The van der Waals surface area contributed by atoms with E-state index in [9.17, 15) is 21.6 Å². The predicted octanol–water partition coefficient (Wildman–Crippen LogP) is 4.03. The van der Waals surface area contributed by atoms with Crippen molar-refractivity contribution in [3.8, 4) is 10.7 Å². The third-order valence-electron chi connectivity index (χ3n) is 3.62. The van der Waals surface area contributed by atoms with Crippen LogP contribution in [-0.2, 0) is 22.7 Å². The minimum absolute atomic E-state index is 0.0857. The number of halogens is 3. The van der Waals surface area contributed by atoms with E-state index in [1.165, 1.54) is 22.5 Å². The van der Waals surface area contributed by atoms with Crippen LogP contribution in [0.4, 0.5) is 13.2 Å². The fourth-order valence-corrected chi connectivity index (χ4v) is 4.78. The second kappa shape index (κ2) is 7.41. The van der Waals surface area contributed by atoms with Crippen molar-refractivity contribution in [2.45, 2.75) is 24.5 Å². The maximum absolute atomic E-state index is 12.7. The highest BCUT2D eigenvalue weighted by atomic mass is 32.2. The van der Waals surface area contributed by atoms with E-state index in [1.807, 2.05) is 0 Å². The first-order valence-corrected chi connectivity index (χ1v) is 10.0. The van der Waals surface area contributed by atoms with Crippen LogP contribution in [0.1, 0.15) is 17.7 Å². The van der Waals surface area contributed by atoms with Crippen LogP contribution in [0.3, 0.4) is 0 Å². The second-order valence-electron chi connectivity index (χ2n) is 5.43. The lowest BCUT2D eigenvalue weighted by atomic mass is 10.4. The van der Waals surface area contributed by atoms with Gasteiger partial charge in [-0.25, -0.2) is 8.42 Å². The van der Waals surface area contributed by atoms with Crippen LogP contribution in [0.5, 0.6) is 0 Å². The molecule has 1 aromatic carbocycles. The van der Waals surface area contributed by atoms with E-state index >= 15 is 0 Å². The third-order valence-corrected chi connectivity index (χ3v) is 6.62. The molecule has 0 spiro atoms. The predicted molar refractivity (Wildman–Crippen MR) is 92.3 cm³/mol. The average Bonchev–Trinajstić information content (AvgIpc) is 3.29. The molecule has 3 aromatic rings. The van der Waals surface area contributed by atoms with Crippen molar-refractivity contribution in [3.63, 3.8) is 0 Å². The summed E-state index contributed by atoms with van der Waals surface area (Å²) in [6, 6.07) is 11.2. The van der Waals surface area contributed by atoms with Gasteiger partial charge in [-0.3, -0.25) is 0 Å². The Labute approximate surface area is 157 Å². The van der Waals surface area contributed by atoms with Gasteiger partial charge in [0.15, 0.2) is 0 Å². The highest BCUT2D eigenvalue weighted by molar-refractivity contribution is 7.89. The van der Waals surface area contributed by atoms with E-state index in [0.29, 0.717) is 9.75 Å². The van der Waals surface area contributed by atoms with Gasteiger partial charge in [0.25, 0.3) is 0 Å². The Morgan fingerprint density at radius 3 is 2.44 bits per heavy atom. The average molecular weight is 417 g/mol. The smallest absolute Gasteiger partial charge is 0.329 e. The van der Waals surface area contributed by atoms with E-state index < -0.39 is 22.1 Å². The van der Waals surface area contributed by atoms with Gasteiger partial charge in [0.2, 0.25) is 15.8 Å². The van der Waals surface area contributed by atoms with Crippen molar-refractivity contribution < 1.29 is 26.1 Å². The van der Waals surface area contributed by atoms with Gasteiger partial charge in [0, 0.05) is 18.0 Å². The zero-order valence-electron chi connectivity index (χ0n) is 14.0. The minimum Gasteiger partial charge on any atom is -0.329 e. The van der Waals surface area contributed by atoms with Crippen LogP contribution in [0.25, 0.3) is 10.7 Å². The molecule has 2 aromatic heterocycles. The molecule has 0 saturated carbocycles. The topological polar surface area (TPSA) is 76.3 Å². The van der Waals surface area contributed by atoms with E-state index in [0.717, 1.165) is 11.3 Å². The normalized spacial score (nSPS) is 12.6. The third kappa shape index (κ3) is 4.20. The number of nitrogens with zero attached hydrogens (tertiary/aromatic N) is 3.